The fourth-order valence-corrected chi connectivity index (χ4v) is 3.06. The standard InChI is InChI=1S/C14H24O5Si/c1-14(2,3)20(4,5)17-8-11-13-10(16-9-15)6-7-12(18-11)19-13/h6-7,9-13H,8H2,1-5H3/t10-,11-,12+,13-/m1/s1. The number of carbonyl (C=O) groups excluding carboxylic acids is 1. The predicted octanol–water partition coefficient (Wildman–Crippen LogP) is 2.23. The second kappa shape index (κ2) is 5.59. The largest absolute Gasteiger partial charge is 0.457 e. The van der Waals surface area contributed by atoms with Crippen LogP contribution in [0.25, 0.3) is 0 Å². The molecule has 2 rings (SSSR count). The van der Waals surface area contributed by atoms with E-state index in [2.05, 4.69) is 33.9 Å². The molecule has 1 saturated heterocycles. The Bertz CT molecular complexity index is 388. The van der Waals surface area contributed by atoms with Gasteiger partial charge in [0.2, 0.25) is 0 Å². The number of fused-ring (bicyclic) bond motifs is 2. The van der Waals surface area contributed by atoms with Crippen LogP contribution in [0.4, 0.5) is 0 Å². The van der Waals surface area contributed by atoms with Crippen molar-refractivity contribution in [2.24, 2.45) is 0 Å². The molecule has 2 heterocycles. The van der Waals surface area contributed by atoms with Gasteiger partial charge in [0.1, 0.15) is 18.3 Å². The highest BCUT2D eigenvalue weighted by molar-refractivity contribution is 6.74. The van der Waals surface area contributed by atoms with Crippen molar-refractivity contribution in [1.29, 1.82) is 0 Å². The van der Waals surface area contributed by atoms with Gasteiger partial charge in [-0.25, -0.2) is 0 Å². The van der Waals surface area contributed by atoms with Gasteiger partial charge in [0, 0.05) is 0 Å². The third-order valence-electron chi connectivity index (χ3n) is 4.38. The van der Waals surface area contributed by atoms with E-state index in [1.165, 1.54) is 0 Å². The molecule has 0 radical (unpaired) electrons. The molecule has 5 nitrogen and oxygen atoms in total. The van der Waals surface area contributed by atoms with Crippen molar-refractivity contribution in [2.45, 2.75) is 63.5 Å². The Kier molecular flexibility index (Phi) is 4.39. The van der Waals surface area contributed by atoms with Crippen molar-refractivity contribution < 1.29 is 23.4 Å². The van der Waals surface area contributed by atoms with Gasteiger partial charge in [-0.15, -0.1) is 0 Å². The molecule has 0 spiro atoms. The fourth-order valence-electron chi connectivity index (χ4n) is 2.04. The smallest absolute Gasteiger partial charge is 0.293 e. The van der Waals surface area contributed by atoms with Gasteiger partial charge >= 0.3 is 0 Å². The molecule has 0 aromatic rings. The van der Waals surface area contributed by atoms with E-state index in [-0.39, 0.29) is 29.6 Å². The van der Waals surface area contributed by atoms with E-state index < -0.39 is 8.32 Å². The first kappa shape index (κ1) is 15.7. The summed E-state index contributed by atoms with van der Waals surface area (Å²) in [6.45, 7) is 11.9. The van der Waals surface area contributed by atoms with Gasteiger partial charge in [-0.2, -0.15) is 0 Å². The van der Waals surface area contributed by atoms with Gasteiger partial charge in [0.15, 0.2) is 14.6 Å². The molecule has 6 heteroatoms. The van der Waals surface area contributed by atoms with Gasteiger partial charge in [0.25, 0.3) is 6.47 Å². The number of ether oxygens (including phenoxy) is 3. The second-order valence-electron chi connectivity index (χ2n) is 6.80. The Labute approximate surface area is 121 Å². The summed E-state index contributed by atoms with van der Waals surface area (Å²) in [7, 11) is -1.82. The molecule has 0 aliphatic carbocycles. The highest BCUT2D eigenvalue weighted by atomic mass is 28.4. The molecule has 114 valence electrons. The summed E-state index contributed by atoms with van der Waals surface area (Å²) in [6, 6.07) is 0. The Hall–Kier alpha value is -0.693. The topological polar surface area (TPSA) is 54.0 Å². The number of carbonyl (C=O) groups is 1. The lowest BCUT2D eigenvalue weighted by Gasteiger charge is -2.37. The first-order chi connectivity index (χ1) is 9.24. The van der Waals surface area contributed by atoms with Crippen molar-refractivity contribution in [3.8, 4) is 0 Å². The lowest BCUT2D eigenvalue weighted by molar-refractivity contribution is -0.139. The second-order valence-corrected chi connectivity index (χ2v) is 11.6. The molecule has 0 amide bonds. The maximum atomic E-state index is 10.5. The molecule has 2 bridgehead atoms. The zero-order chi connectivity index (χ0) is 15.0. The van der Waals surface area contributed by atoms with E-state index >= 15 is 0 Å². The van der Waals surface area contributed by atoms with E-state index in [1.54, 1.807) is 6.08 Å². The minimum Gasteiger partial charge on any atom is -0.457 e. The van der Waals surface area contributed by atoms with Gasteiger partial charge < -0.3 is 18.6 Å². The molecular weight excluding hydrogens is 276 g/mol. The number of rotatable bonds is 5. The first-order valence-electron chi connectivity index (χ1n) is 6.97. The summed E-state index contributed by atoms with van der Waals surface area (Å²) >= 11 is 0. The first-order valence-corrected chi connectivity index (χ1v) is 9.88. The monoisotopic (exact) mass is 300 g/mol. The molecule has 0 unspecified atom stereocenters. The van der Waals surface area contributed by atoms with Crippen LogP contribution in [0.3, 0.4) is 0 Å². The van der Waals surface area contributed by atoms with Crippen molar-refractivity contribution >= 4 is 14.8 Å². The number of hydrogen-bond donors (Lipinski definition) is 0. The Morgan fingerprint density at radius 2 is 1.95 bits per heavy atom. The van der Waals surface area contributed by atoms with Crippen LogP contribution in [-0.4, -0.2) is 46.0 Å². The molecular formula is C14H24O5Si. The third kappa shape index (κ3) is 3.14. The zero-order valence-corrected chi connectivity index (χ0v) is 13.8. The van der Waals surface area contributed by atoms with Gasteiger partial charge in [-0.05, 0) is 30.3 Å². The molecule has 0 N–H and O–H groups in total. The van der Waals surface area contributed by atoms with Gasteiger partial charge in [-0.3, -0.25) is 4.79 Å². The molecule has 2 aliphatic rings. The summed E-state index contributed by atoms with van der Waals surface area (Å²) in [4.78, 5) is 10.5. The van der Waals surface area contributed by atoms with E-state index in [9.17, 15) is 4.79 Å². The lowest BCUT2D eigenvalue weighted by Crippen LogP contribution is -2.45. The lowest BCUT2D eigenvalue weighted by atomic mass is 10.1. The zero-order valence-electron chi connectivity index (χ0n) is 12.8. The number of hydrogen-bond acceptors (Lipinski definition) is 5. The average molecular weight is 300 g/mol. The van der Waals surface area contributed by atoms with Crippen molar-refractivity contribution in [3.63, 3.8) is 0 Å². The predicted molar refractivity (Wildman–Crippen MR) is 76.8 cm³/mol. The summed E-state index contributed by atoms with van der Waals surface area (Å²) in [5.41, 5.74) is 0. The van der Waals surface area contributed by atoms with E-state index in [0.717, 1.165) is 0 Å². The quantitative estimate of drug-likeness (QED) is 0.443. The average Bonchev–Trinajstić information content (AvgIpc) is 2.67. The van der Waals surface area contributed by atoms with E-state index in [0.29, 0.717) is 13.1 Å². The molecule has 20 heavy (non-hydrogen) atoms. The summed E-state index contributed by atoms with van der Waals surface area (Å²) < 4.78 is 22.6. The van der Waals surface area contributed by atoms with Crippen LogP contribution in [0.5, 0.6) is 0 Å². The summed E-state index contributed by atoms with van der Waals surface area (Å²) in [5.74, 6) is 0. The minimum absolute atomic E-state index is 0.151. The Balaban J connectivity index is 1.96. The van der Waals surface area contributed by atoms with Crippen LogP contribution in [0, 0.1) is 0 Å². The molecule has 4 atom stereocenters. The SMILES string of the molecule is CC(C)(C)[Si](C)(C)OC[C@H]1O[C@@H]2C=C[C@@H](OC=O)[C@H]1O2. The molecule has 1 fully saturated rings. The highest BCUT2D eigenvalue weighted by Gasteiger charge is 2.45. The summed E-state index contributed by atoms with van der Waals surface area (Å²) in [6.07, 6.45) is 2.38. The van der Waals surface area contributed by atoms with Crippen LogP contribution in [0.2, 0.25) is 18.1 Å². The molecule has 0 aromatic carbocycles. The molecule has 0 saturated carbocycles. The van der Waals surface area contributed by atoms with Gasteiger partial charge in [0.05, 0.1) is 6.61 Å². The maximum Gasteiger partial charge on any atom is 0.293 e. The van der Waals surface area contributed by atoms with Gasteiger partial charge in [-0.1, -0.05) is 20.8 Å². The van der Waals surface area contributed by atoms with Crippen molar-refractivity contribution in [3.05, 3.63) is 12.2 Å². The van der Waals surface area contributed by atoms with Crippen LogP contribution in [-0.2, 0) is 23.4 Å². The Morgan fingerprint density at radius 1 is 1.25 bits per heavy atom. The van der Waals surface area contributed by atoms with Crippen LogP contribution in [0.15, 0.2) is 12.2 Å². The fraction of sp³-hybridized carbons (Fsp3) is 0.786. The molecule has 2 aliphatic heterocycles. The minimum atomic E-state index is -1.82. The van der Waals surface area contributed by atoms with Crippen LogP contribution >= 0.6 is 0 Å². The van der Waals surface area contributed by atoms with E-state index in [1.807, 2.05) is 6.08 Å². The highest BCUT2D eigenvalue weighted by Crippen LogP contribution is 2.37. The van der Waals surface area contributed by atoms with Crippen molar-refractivity contribution in [1.82, 2.24) is 0 Å². The maximum absolute atomic E-state index is 10.5. The van der Waals surface area contributed by atoms with E-state index in [4.69, 9.17) is 18.6 Å². The third-order valence-corrected chi connectivity index (χ3v) is 8.88. The van der Waals surface area contributed by atoms with Crippen LogP contribution in [0.1, 0.15) is 20.8 Å². The normalized spacial score (nSPS) is 33.2. The Morgan fingerprint density at radius 3 is 2.55 bits per heavy atom. The van der Waals surface area contributed by atoms with Crippen molar-refractivity contribution in [2.75, 3.05) is 6.61 Å². The molecule has 0 aromatic heterocycles. The van der Waals surface area contributed by atoms with Crippen LogP contribution < -0.4 is 0 Å². The summed E-state index contributed by atoms with van der Waals surface area (Å²) in [5, 5.41) is 0.151.